The lowest BCUT2D eigenvalue weighted by Crippen LogP contribution is -2.51. The van der Waals surface area contributed by atoms with Crippen LogP contribution in [-0.2, 0) is 9.84 Å². The highest BCUT2D eigenvalue weighted by Crippen LogP contribution is 2.66. The summed E-state index contributed by atoms with van der Waals surface area (Å²) in [5.41, 5.74) is 2.02. The molecule has 1 unspecified atom stereocenters. The number of rotatable bonds is 4. The van der Waals surface area contributed by atoms with Crippen LogP contribution in [0.5, 0.6) is 0 Å². The van der Waals surface area contributed by atoms with Gasteiger partial charge in [0.2, 0.25) is 0 Å². The predicted molar refractivity (Wildman–Crippen MR) is 118 cm³/mol. The van der Waals surface area contributed by atoms with Crippen molar-refractivity contribution in [2.75, 3.05) is 0 Å². The van der Waals surface area contributed by atoms with Crippen molar-refractivity contribution >= 4 is 9.84 Å². The highest BCUT2D eigenvalue weighted by Gasteiger charge is 2.60. The molecule has 3 saturated carbocycles. The summed E-state index contributed by atoms with van der Waals surface area (Å²) in [5.74, 6) is 2.77. The van der Waals surface area contributed by atoms with Crippen LogP contribution in [0.4, 0.5) is 0 Å². The van der Waals surface area contributed by atoms with Crippen LogP contribution in [0.2, 0.25) is 0 Å². The largest absolute Gasteiger partial charge is 0.224 e. The molecule has 4 aliphatic rings. The molecule has 0 bridgehead atoms. The minimum atomic E-state index is -3.13. The molecule has 4 aliphatic carbocycles. The molecule has 28 heavy (non-hydrogen) atoms. The van der Waals surface area contributed by atoms with E-state index in [-0.39, 0.29) is 10.7 Å². The van der Waals surface area contributed by atoms with Crippen molar-refractivity contribution in [2.24, 2.45) is 34.5 Å². The highest BCUT2D eigenvalue weighted by molar-refractivity contribution is 7.94. The molecular weight excluding hydrogens is 364 g/mol. The Hall–Kier alpha value is -0.830. The summed E-state index contributed by atoms with van der Waals surface area (Å²) < 4.78 is 25.9. The van der Waals surface area contributed by atoms with Crippen molar-refractivity contribution < 1.29 is 8.42 Å². The van der Waals surface area contributed by atoms with Gasteiger partial charge in [-0.05, 0) is 99.2 Å². The lowest BCUT2D eigenvalue weighted by atomic mass is 9.47. The van der Waals surface area contributed by atoms with Gasteiger partial charge in [-0.15, -0.1) is 6.58 Å². The summed E-state index contributed by atoms with van der Waals surface area (Å²) in [5, 5.41) is 1.29. The molecule has 2 nitrogen and oxygen atoms in total. The Bertz CT molecular complexity index is 791. The third-order valence-electron chi connectivity index (χ3n) is 9.34. The number of fused-ring (bicyclic) bond motifs is 5. The van der Waals surface area contributed by atoms with Crippen molar-refractivity contribution in [3.8, 4) is 0 Å². The second kappa shape index (κ2) is 7.15. The quantitative estimate of drug-likeness (QED) is 0.506. The first-order valence-corrected chi connectivity index (χ1v) is 13.0. The molecule has 0 radical (unpaired) electrons. The van der Waals surface area contributed by atoms with Gasteiger partial charge < -0.3 is 0 Å². The molecule has 156 valence electrons. The molecular formula is C25H38O2S. The van der Waals surface area contributed by atoms with Gasteiger partial charge in [0.1, 0.15) is 0 Å². The molecule has 0 saturated heterocycles. The van der Waals surface area contributed by atoms with Crippen molar-refractivity contribution in [3.05, 3.63) is 35.8 Å². The van der Waals surface area contributed by atoms with Crippen LogP contribution in [0, 0.1) is 34.5 Å². The van der Waals surface area contributed by atoms with Gasteiger partial charge in [0.05, 0.1) is 5.25 Å². The van der Waals surface area contributed by atoms with Gasteiger partial charge >= 0.3 is 0 Å². The van der Waals surface area contributed by atoms with Gasteiger partial charge in [0.25, 0.3) is 0 Å². The van der Waals surface area contributed by atoms with Gasteiger partial charge in [0, 0.05) is 5.41 Å². The Balaban J connectivity index is 1.62. The number of hydrogen-bond acceptors (Lipinski definition) is 2. The van der Waals surface area contributed by atoms with Gasteiger partial charge in [0.15, 0.2) is 9.84 Å². The zero-order valence-corrected chi connectivity index (χ0v) is 18.8. The Labute approximate surface area is 172 Å². The molecule has 0 aliphatic heterocycles. The third kappa shape index (κ3) is 2.99. The number of allylic oxidation sites excluding steroid dienone is 4. The van der Waals surface area contributed by atoms with Crippen molar-refractivity contribution in [2.45, 2.75) is 83.8 Å². The first kappa shape index (κ1) is 20.4. The summed E-state index contributed by atoms with van der Waals surface area (Å²) in [6.07, 6.45) is 16.8. The van der Waals surface area contributed by atoms with E-state index in [1.54, 1.807) is 11.6 Å². The molecule has 0 heterocycles. The average molecular weight is 403 g/mol. The van der Waals surface area contributed by atoms with Crippen molar-refractivity contribution in [3.63, 3.8) is 0 Å². The summed E-state index contributed by atoms with van der Waals surface area (Å²) in [6, 6.07) is 0. The smallest absolute Gasteiger partial charge is 0.174 e. The molecule has 3 fully saturated rings. The van der Waals surface area contributed by atoms with Crippen LogP contribution in [0.1, 0.15) is 78.6 Å². The molecule has 0 N–H and O–H groups in total. The fourth-order valence-electron chi connectivity index (χ4n) is 7.95. The average Bonchev–Trinajstić information content (AvgIpc) is 3.00. The van der Waals surface area contributed by atoms with Crippen LogP contribution < -0.4 is 0 Å². The molecule has 7 atom stereocenters. The molecule has 0 spiro atoms. The summed E-state index contributed by atoms with van der Waals surface area (Å²) >= 11 is 0. The first-order valence-electron chi connectivity index (χ1n) is 11.4. The summed E-state index contributed by atoms with van der Waals surface area (Å²) in [4.78, 5) is 0. The summed E-state index contributed by atoms with van der Waals surface area (Å²) in [6.45, 7) is 10.6. The zero-order chi connectivity index (χ0) is 20.2. The van der Waals surface area contributed by atoms with E-state index in [1.165, 1.54) is 37.5 Å². The van der Waals surface area contributed by atoms with Crippen LogP contribution >= 0.6 is 0 Å². The highest BCUT2D eigenvalue weighted by atomic mass is 32.2. The maximum Gasteiger partial charge on any atom is 0.174 e. The van der Waals surface area contributed by atoms with Crippen LogP contribution in [-0.4, -0.2) is 13.7 Å². The normalized spacial score (nSPS) is 45.8. The van der Waals surface area contributed by atoms with Crippen LogP contribution in [0.25, 0.3) is 0 Å². The van der Waals surface area contributed by atoms with Crippen molar-refractivity contribution in [1.82, 2.24) is 0 Å². The van der Waals surface area contributed by atoms with Crippen LogP contribution in [0.15, 0.2) is 35.8 Å². The molecule has 4 rings (SSSR count). The Kier molecular flexibility index (Phi) is 5.22. The molecule has 0 aromatic rings. The fraction of sp³-hybridized carbons (Fsp3) is 0.760. The maximum atomic E-state index is 12.9. The second-order valence-corrected chi connectivity index (χ2v) is 12.6. The molecule has 0 aromatic heterocycles. The molecule has 3 heteroatoms. The molecule has 0 amide bonds. The number of hydrogen-bond donors (Lipinski definition) is 0. The topological polar surface area (TPSA) is 34.1 Å². The van der Waals surface area contributed by atoms with E-state index in [4.69, 9.17) is 0 Å². The van der Waals surface area contributed by atoms with E-state index < -0.39 is 9.84 Å². The van der Waals surface area contributed by atoms with Gasteiger partial charge in [-0.2, -0.15) is 0 Å². The van der Waals surface area contributed by atoms with Crippen molar-refractivity contribution in [1.29, 1.82) is 0 Å². The second-order valence-electron chi connectivity index (χ2n) is 10.6. The van der Waals surface area contributed by atoms with Gasteiger partial charge in [-0.1, -0.05) is 37.6 Å². The Morgan fingerprint density at radius 2 is 1.93 bits per heavy atom. The van der Waals surface area contributed by atoms with E-state index in [2.05, 4.69) is 32.6 Å². The monoisotopic (exact) mass is 402 g/mol. The van der Waals surface area contributed by atoms with E-state index >= 15 is 0 Å². The lowest BCUT2D eigenvalue weighted by molar-refractivity contribution is -0.0275. The fourth-order valence-corrected chi connectivity index (χ4v) is 10.0. The van der Waals surface area contributed by atoms with E-state index in [0.29, 0.717) is 17.3 Å². The predicted octanol–water partition coefficient (Wildman–Crippen LogP) is 6.46. The maximum absolute atomic E-state index is 12.9. The van der Waals surface area contributed by atoms with Gasteiger partial charge in [-0.25, -0.2) is 8.42 Å². The van der Waals surface area contributed by atoms with E-state index in [0.717, 1.165) is 37.5 Å². The standard InChI is InChI=1S/C25H38O2S/c1-5-7-18-12-14-24(3)19(17-18)8-9-20-21-10-11-23(28(26,27)16-6-2)25(21,4)15-13-22(20)24/h5-6,8,16,18,20-23H,1,7,9-15,17H2,2-4H3/t18?,20-,21-,22-,23-,24-,25-/m0/s1. The van der Waals surface area contributed by atoms with Gasteiger partial charge in [-0.3, -0.25) is 0 Å². The summed E-state index contributed by atoms with van der Waals surface area (Å²) in [7, 11) is -3.13. The number of sulfone groups is 1. The molecule has 0 aromatic carbocycles. The third-order valence-corrected chi connectivity index (χ3v) is 11.6. The Morgan fingerprint density at radius 1 is 1.14 bits per heavy atom. The van der Waals surface area contributed by atoms with E-state index in [1.807, 2.05) is 6.92 Å². The lowest BCUT2D eigenvalue weighted by Gasteiger charge is -2.58. The zero-order valence-electron chi connectivity index (χ0n) is 18.0. The van der Waals surface area contributed by atoms with Crippen LogP contribution in [0.3, 0.4) is 0 Å². The first-order chi connectivity index (χ1) is 13.3. The minimum Gasteiger partial charge on any atom is -0.224 e. The van der Waals surface area contributed by atoms with E-state index in [9.17, 15) is 8.42 Å². The minimum absolute atomic E-state index is 0.0404. The Morgan fingerprint density at radius 3 is 2.64 bits per heavy atom. The SMILES string of the molecule is C=CCC1CC[C@@]2(C)C(=CC[C@H]3[C@@H]4CC[C@H](S(=O)(=O)C=CC)[C@@]4(C)CC[C@@H]32)C1.